The van der Waals surface area contributed by atoms with Gasteiger partial charge in [-0.25, -0.2) is 0 Å². The summed E-state index contributed by atoms with van der Waals surface area (Å²) in [7, 11) is 6.25. The average molecular weight is 415 g/mol. The molecular formula is C27H30N2O2. The SMILES string of the molecule is CN(C)CCCN(C)Cc1cc2ccccc2c(-c2c(O)ccc3ccccc23)c1O. The van der Waals surface area contributed by atoms with Crippen molar-refractivity contribution in [1.29, 1.82) is 0 Å². The van der Waals surface area contributed by atoms with Crippen LogP contribution in [0.15, 0.2) is 66.7 Å². The summed E-state index contributed by atoms with van der Waals surface area (Å²) in [6.45, 7) is 2.62. The maximum atomic E-state index is 11.4. The number of hydrogen-bond donors (Lipinski definition) is 2. The van der Waals surface area contributed by atoms with Gasteiger partial charge in [-0.3, -0.25) is 0 Å². The van der Waals surface area contributed by atoms with Crippen LogP contribution in [0.2, 0.25) is 0 Å². The number of aromatic hydroxyl groups is 2. The van der Waals surface area contributed by atoms with Gasteiger partial charge in [-0.2, -0.15) is 0 Å². The van der Waals surface area contributed by atoms with Gasteiger partial charge in [0.2, 0.25) is 0 Å². The van der Waals surface area contributed by atoms with E-state index in [1.165, 1.54) is 0 Å². The lowest BCUT2D eigenvalue weighted by Gasteiger charge is -2.21. The number of nitrogens with zero attached hydrogens (tertiary/aromatic N) is 2. The fourth-order valence-electron chi connectivity index (χ4n) is 4.32. The molecule has 0 bridgehead atoms. The Morgan fingerprint density at radius 2 is 1.35 bits per heavy atom. The molecule has 4 aromatic rings. The minimum absolute atomic E-state index is 0.177. The van der Waals surface area contributed by atoms with Crippen LogP contribution in [0.25, 0.3) is 32.7 Å². The summed E-state index contributed by atoms with van der Waals surface area (Å²) in [5.74, 6) is 0.417. The van der Waals surface area contributed by atoms with Gasteiger partial charge in [0.1, 0.15) is 11.5 Å². The number of fused-ring (bicyclic) bond motifs is 2. The molecule has 31 heavy (non-hydrogen) atoms. The van der Waals surface area contributed by atoms with Gasteiger partial charge in [0, 0.05) is 23.2 Å². The van der Waals surface area contributed by atoms with Crippen LogP contribution in [0.1, 0.15) is 12.0 Å². The molecular weight excluding hydrogens is 384 g/mol. The zero-order valence-corrected chi connectivity index (χ0v) is 18.5. The monoisotopic (exact) mass is 414 g/mol. The Kier molecular flexibility index (Phi) is 6.12. The van der Waals surface area contributed by atoms with E-state index in [2.05, 4.69) is 43.1 Å². The van der Waals surface area contributed by atoms with E-state index in [9.17, 15) is 10.2 Å². The number of phenolic OH excluding ortho intramolecular Hbond substituents is 2. The number of rotatable bonds is 7. The zero-order valence-electron chi connectivity index (χ0n) is 18.5. The molecule has 0 aliphatic heterocycles. The van der Waals surface area contributed by atoms with Crippen molar-refractivity contribution in [1.82, 2.24) is 9.80 Å². The van der Waals surface area contributed by atoms with Crippen LogP contribution in [-0.4, -0.2) is 54.2 Å². The lowest BCUT2D eigenvalue weighted by atomic mass is 9.90. The van der Waals surface area contributed by atoms with Crippen molar-refractivity contribution in [3.63, 3.8) is 0 Å². The van der Waals surface area contributed by atoms with Crippen molar-refractivity contribution in [2.75, 3.05) is 34.2 Å². The fraction of sp³-hybridized carbons (Fsp3) is 0.259. The fourth-order valence-corrected chi connectivity index (χ4v) is 4.32. The van der Waals surface area contributed by atoms with Crippen LogP contribution in [-0.2, 0) is 6.54 Å². The summed E-state index contributed by atoms with van der Waals surface area (Å²) in [5.41, 5.74) is 2.25. The molecule has 0 aromatic heterocycles. The van der Waals surface area contributed by atoms with Gasteiger partial charge in [0.25, 0.3) is 0 Å². The molecule has 0 amide bonds. The normalized spacial score (nSPS) is 11.8. The molecule has 0 saturated heterocycles. The standard InChI is InChI=1S/C27H30N2O2/c1-28(2)15-8-16-29(3)18-21-17-20-10-5-7-12-23(20)26(27(21)31)25-22-11-6-4-9-19(22)13-14-24(25)30/h4-7,9-14,17,30-31H,8,15-16,18H2,1-3H3. The molecule has 4 heteroatoms. The predicted octanol–water partition coefficient (Wildman–Crippen LogP) is 5.45. The van der Waals surface area contributed by atoms with E-state index in [4.69, 9.17) is 0 Å². The first-order valence-electron chi connectivity index (χ1n) is 10.7. The highest BCUT2D eigenvalue weighted by Crippen LogP contribution is 2.46. The third-order valence-corrected chi connectivity index (χ3v) is 5.84. The summed E-state index contributed by atoms with van der Waals surface area (Å²) in [6.07, 6.45) is 1.06. The van der Waals surface area contributed by atoms with Crippen LogP contribution < -0.4 is 0 Å². The van der Waals surface area contributed by atoms with E-state index in [0.29, 0.717) is 17.7 Å². The van der Waals surface area contributed by atoms with Crippen LogP contribution in [0, 0.1) is 0 Å². The molecule has 0 unspecified atom stereocenters. The number of hydrogen-bond acceptors (Lipinski definition) is 4. The van der Waals surface area contributed by atoms with Gasteiger partial charge < -0.3 is 20.0 Å². The number of phenols is 2. The molecule has 0 aliphatic carbocycles. The molecule has 2 N–H and O–H groups in total. The molecule has 4 nitrogen and oxygen atoms in total. The molecule has 0 radical (unpaired) electrons. The van der Waals surface area contributed by atoms with E-state index in [1.807, 2.05) is 48.5 Å². The Balaban J connectivity index is 1.85. The minimum Gasteiger partial charge on any atom is -0.507 e. The van der Waals surface area contributed by atoms with Gasteiger partial charge in [0.05, 0.1) is 0 Å². The van der Waals surface area contributed by atoms with Crippen molar-refractivity contribution in [2.45, 2.75) is 13.0 Å². The second kappa shape index (κ2) is 8.96. The summed E-state index contributed by atoms with van der Waals surface area (Å²) < 4.78 is 0. The summed E-state index contributed by atoms with van der Waals surface area (Å²) in [6, 6.07) is 21.7. The summed E-state index contributed by atoms with van der Waals surface area (Å²) in [4.78, 5) is 4.42. The highest BCUT2D eigenvalue weighted by Gasteiger charge is 2.20. The van der Waals surface area contributed by atoms with Crippen LogP contribution in [0.3, 0.4) is 0 Å². The maximum Gasteiger partial charge on any atom is 0.128 e. The van der Waals surface area contributed by atoms with E-state index >= 15 is 0 Å². The topological polar surface area (TPSA) is 46.9 Å². The first-order chi connectivity index (χ1) is 15.0. The van der Waals surface area contributed by atoms with Crippen LogP contribution in [0.4, 0.5) is 0 Å². The van der Waals surface area contributed by atoms with E-state index in [1.54, 1.807) is 6.07 Å². The zero-order chi connectivity index (χ0) is 22.0. The summed E-state index contributed by atoms with van der Waals surface area (Å²) in [5, 5.41) is 26.3. The van der Waals surface area contributed by atoms with Crippen molar-refractivity contribution < 1.29 is 10.2 Å². The van der Waals surface area contributed by atoms with Gasteiger partial charge >= 0.3 is 0 Å². The van der Waals surface area contributed by atoms with E-state index in [0.717, 1.165) is 46.6 Å². The van der Waals surface area contributed by atoms with Crippen molar-refractivity contribution >= 4 is 21.5 Å². The maximum absolute atomic E-state index is 11.4. The Labute approximate surface area is 184 Å². The molecule has 0 saturated carbocycles. The molecule has 0 heterocycles. The van der Waals surface area contributed by atoms with Gasteiger partial charge in [-0.1, -0.05) is 54.6 Å². The van der Waals surface area contributed by atoms with Crippen LogP contribution in [0.5, 0.6) is 11.5 Å². The lowest BCUT2D eigenvalue weighted by molar-refractivity contribution is 0.291. The lowest BCUT2D eigenvalue weighted by Crippen LogP contribution is -2.23. The quantitative estimate of drug-likeness (QED) is 0.422. The molecule has 160 valence electrons. The Morgan fingerprint density at radius 1 is 0.710 bits per heavy atom. The molecule has 0 atom stereocenters. The first-order valence-corrected chi connectivity index (χ1v) is 10.7. The van der Waals surface area contributed by atoms with Crippen molar-refractivity contribution in [3.05, 3.63) is 72.3 Å². The van der Waals surface area contributed by atoms with Crippen LogP contribution >= 0.6 is 0 Å². The third-order valence-electron chi connectivity index (χ3n) is 5.84. The molecule has 4 aromatic carbocycles. The highest BCUT2D eigenvalue weighted by molar-refractivity contribution is 6.10. The smallest absolute Gasteiger partial charge is 0.128 e. The molecule has 0 fully saturated rings. The van der Waals surface area contributed by atoms with Gasteiger partial charge in [0.15, 0.2) is 0 Å². The van der Waals surface area contributed by atoms with Gasteiger partial charge in [-0.05, 0) is 74.3 Å². The molecule has 0 aliphatic rings. The number of benzene rings is 4. The van der Waals surface area contributed by atoms with Gasteiger partial charge in [-0.15, -0.1) is 0 Å². The Hall–Kier alpha value is -3.08. The highest BCUT2D eigenvalue weighted by atomic mass is 16.3. The molecule has 4 rings (SSSR count). The second-order valence-corrected chi connectivity index (χ2v) is 8.56. The Bertz CT molecular complexity index is 1220. The van der Waals surface area contributed by atoms with Crippen molar-refractivity contribution in [2.24, 2.45) is 0 Å². The third kappa shape index (κ3) is 4.36. The predicted molar refractivity (Wildman–Crippen MR) is 130 cm³/mol. The van der Waals surface area contributed by atoms with Crippen molar-refractivity contribution in [3.8, 4) is 22.6 Å². The largest absolute Gasteiger partial charge is 0.507 e. The first kappa shape index (κ1) is 21.2. The van der Waals surface area contributed by atoms with E-state index in [-0.39, 0.29) is 11.5 Å². The minimum atomic E-state index is 0.177. The Morgan fingerprint density at radius 3 is 2.06 bits per heavy atom. The molecule has 0 spiro atoms. The van der Waals surface area contributed by atoms with E-state index < -0.39 is 0 Å². The average Bonchev–Trinajstić information content (AvgIpc) is 2.75. The second-order valence-electron chi connectivity index (χ2n) is 8.56. The summed E-state index contributed by atoms with van der Waals surface area (Å²) >= 11 is 0.